The van der Waals surface area contributed by atoms with Crippen molar-refractivity contribution in [2.24, 2.45) is 39.0 Å². The number of amidine groups is 1. The molecule has 0 fully saturated rings. The van der Waals surface area contributed by atoms with Gasteiger partial charge in [-0.3, -0.25) is 34.0 Å². The number of nitrogens with two attached hydrogens (primary N) is 3. The van der Waals surface area contributed by atoms with Crippen LogP contribution in [0.25, 0.3) is 22.5 Å². The number of hydrogen-bond donors (Lipinski definition) is 5. The first-order valence-corrected chi connectivity index (χ1v) is 25.1. The fraction of sp³-hybridized carbons (Fsp3) is 0.464. The van der Waals surface area contributed by atoms with E-state index in [4.69, 9.17) is 36.6 Å². The fourth-order valence-corrected chi connectivity index (χ4v) is 8.96. The Morgan fingerprint density at radius 3 is 2.17 bits per heavy atom. The summed E-state index contributed by atoms with van der Waals surface area (Å²) in [6.45, 7) is 12.2. The molecule has 4 aromatic rings. The number of nitrogens with zero attached hydrogens (tertiary/aromatic N) is 6. The predicted molar refractivity (Wildman–Crippen MR) is 297 cm³/mol. The van der Waals surface area contributed by atoms with Crippen molar-refractivity contribution in [1.29, 1.82) is 5.26 Å². The summed E-state index contributed by atoms with van der Waals surface area (Å²) < 4.78 is 12.8. The Labute approximate surface area is 448 Å². The zero-order chi connectivity index (χ0) is 54.3. The molecule has 2 amide bonds. The summed E-state index contributed by atoms with van der Waals surface area (Å²) >= 11 is 0. The molecule has 1 aromatic heterocycles. The van der Waals surface area contributed by atoms with Gasteiger partial charge in [0.1, 0.15) is 24.1 Å². The van der Waals surface area contributed by atoms with Crippen LogP contribution in [0, 0.1) is 37.0 Å². The molecule has 1 aliphatic rings. The molecule has 3 aromatic carbocycles. The SMILES string of the molecule is CN=C(N)CCCOc1ccc2cc1-c1cc(ccc1OCCNC(N)=NC)C[C@@H](C(=O)CCC#N)NC(=O)[C@H](C)CC(=O)[C@H]2N(C)C(=O)[C@H](CCN)CC(=O)c1c(C)nc(-c2ccc(C(C)(C)C)cc2)nc1C.S. The first-order chi connectivity index (χ1) is 35.2. The number of aromatic nitrogens is 2. The summed E-state index contributed by atoms with van der Waals surface area (Å²) in [5.74, 6) is -2.13. The fourth-order valence-electron chi connectivity index (χ4n) is 8.96. The van der Waals surface area contributed by atoms with Crippen LogP contribution in [0.3, 0.4) is 0 Å². The highest BCUT2D eigenvalue weighted by molar-refractivity contribution is 7.59. The van der Waals surface area contributed by atoms with Crippen molar-refractivity contribution in [2.75, 3.05) is 47.4 Å². The number of ether oxygens (including phenoxy) is 2. The number of aliphatic imine (C=N–C) groups is 2. The van der Waals surface area contributed by atoms with Gasteiger partial charge in [0.15, 0.2) is 29.1 Å². The van der Waals surface area contributed by atoms with Gasteiger partial charge in [-0.1, -0.05) is 64.1 Å². The summed E-state index contributed by atoms with van der Waals surface area (Å²) in [7, 11) is 4.68. The van der Waals surface area contributed by atoms with Crippen LogP contribution in [0.5, 0.6) is 11.5 Å². The molecular weight excluding hydrogens is 971 g/mol. The lowest BCUT2D eigenvalue weighted by atomic mass is 9.86. The van der Waals surface area contributed by atoms with Crippen molar-refractivity contribution in [1.82, 2.24) is 25.5 Å². The number of guanidine groups is 1. The molecule has 0 saturated heterocycles. The van der Waals surface area contributed by atoms with Crippen LogP contribution >= 0.6 is 13.5 Å². The highest BCUT2D eigenvalue weighted by Crippen LogP contribution is 2.41. The van der Waals surface area contributed by atoms with Gasteiger partial charge in [-0.2, -0.15) is 18.8 Å². The van der Waals surface area contributed by atoms with E-state index in [1.54, 1.807) is 65.2 Å². The number of carbonyl (C=O) groups excluding carboxylic acids is 5. The highest BCUT2D eigenvalue weighted by atomic mass is 32.1. The van der Waals surface area contributed by atoms with Crippen LogP contribution in [0.1, 0.15) is 117 Å². The van der Waals surface area contributed by atoms with E-state index in [0.29, 0.717) is 81.8 Å². The Balaban J connectivity index is 0.0000122. The third-order valence-corrected chi connectivity index (χ3v) is 13.2. The molecule has 5 rings (SSSR count). The predicted octanol–water partition coefficient (Wildman–Crippen LogP) is 6.14. The quantitative estimate of drug-likeness (QED) is 0.0288. The maximum atomic E-state index is 15.0. The van der Waals surface area contributed by atoms with Crippen molar-refractivity contribution in [2.45, 2.75) is 110 Å². The van der Waals surface area contributed by atoms with E-state index in [0.717, 1.165) is 11.1 Å². The molecule has 4 atom stereocenters. The van der Waals surface area contributed by atoms with E-state index in [1.165, 1.54) is 11.9 Å². The number of likely N-dealkylation sites (N-methyl/N-ethyl adjacent to an activating group) is 1. The van der Waals surface area contributed by atoms with Crippen molar-refractivity contribution in [3.63, 3.8) is 0 Å². The Morgan fingerprint density at radius 1 is 0.920 bits per heavy atom. The summed E-state index contributed by atoms with van der Waals surface area (Å²) in [6, 6.07) is 18.3. The first-order valence-electron chi connectivity index (χ1n) is 25.1. The summed E-state index contributed by atoms with van der Waals surface area (Å²) in [5.41, 5.74) is 23.3. The van der Waals surface area contributed by atoms with Crippen molar-refractivity contribution < 1.29 is 33.4 Å². The second-order valence-electron chi connectivity index (χ2n) is 19.8. The topological polar surface area (TPSA) is 283 Å². The van der Waals surface area contributed by atoms with E-state index in [9.17, 15) is 24.4 Å². The average Bonchev–Trinajstić information content (AvgIpc) is 3.37. The number of hydrogen-bond acceptors (Lipinski definition) is 13. The van der Waals surface area contributed by atoms with E-state index in [-0.39, 0.29) is 94.7 Å². The van der Waals surface area contributed by atoms with Gasteiger partial charge in [0, 0.05) is 81.8 Å². The highest BCUT2D eigenvalue weighted by Gasteiger charge is 2.37. The first kappa shape index (κ1) is 60.4. The van der Waals surface area contributed by atoms with Gasteiger partial charge in [0.25, 0.3) is 0 Å². The molecule has 0 spiro atoms. The third kappa shape index (κ3) is 16.2. The summed E-state index contributed by atoms with van der Waals surface area (Å²) in [6.07, 6.45) is 0.499. The van der Waals surface area contributed by atoms with Crippen molar-refractivity contribution in [3.8, 4) is 40.1 Å². The maximum Gasteiger partial charge on any atom is 0.226 e. The van der Waals surface area contributed by atoms with Crippen LogP contribution in [-0.2, 0) is 31.0 Å². The van der Waals surface area contributed by atoms with Gasteiger partial charge in [0.2, 0.25) is 11.8 Å². The average molecular weight is 1050 g/mol. The van der Waals surface area contributed by atoms with Gasteiger partial charge in [-0.15, -0.1) is 0 Å². The van der Waals surface area contributed by atoms with Crippen LogP contribution in [0.15, 0.2) is 70.6 Å². The lowest BCUT2D eigenvalue weighted by molar-refractivity contribution is -0.142. The number of Topliss-reactive ketones (excluding diaryl/α,β-unsaturated/α-hetero) is 3. The van der Waals surface area contributed by atoms with Crippen LogP contribution in [0.2, 0.25) is 0 Å². The monoisotopic (exact) mass is 1050 g/mol. The molecule has 402 valence electrons. The lowest BCUT2D eigenvalue weighted by Gasteiger charge is -2.32. The Kier molecular flexibility index (Phi) is 22.5. The minimum atomic E-state index is -1.28. The van der Waals surface area contributed by atoms with Gasteiger partial charge in [-0.05, 0) is 86.0 Å². The number of ketones is 3. The number of nitriles is 1. The molecule has 1 aliphatic heterocycles. The molecule has 2 heterocycles. The standard InChI is InChI=1S/C56H73N11O7.H2S/c1-33-28-46(70)51(67(9)54(72)39(22-24-58)32-45(69)50-34(2)64-52(65-35(50)3)37-15-18-40(19-16-37)56(4,5)6)38-17-21-48(73-26-11-13-49(59)61-7)42(31-38)41-29-36(14-20-47(41)74-27-25-63-55(60)62-8)30-43(66-53(33)71)44(68)12-10-23-57;/h14-21,29,31,33,39,43,51H,10-13,22,24-28,30,32,58H2,1-9H3,(H2,59,61)(H,66,71)(H3,60,62,63);1H2/t33-,39-,43+,51+;/m1./s1. The van der Waals surface area contributed by atoms with Gasteiger partial charge in [-0.25, -0.2) is 9.97 Å². The van der Waals surface area contributed by atoms with Gasteiger partial charge >= 0.3 is 0 Å². The van der Waals surface area contributed by atoms with E-state index >= 15 is 4.79 Å². The number of nitrogens with one attached hydrogen (secondary N) is 2. The molecular formula is C56H75N11O7S. The van der Waals surface area contributed by atoms with Crippen molar-refractivity contribution >= 4 is 54.5 Å². The van der Waals surface area contributed by atoms with E-state index < -0.39 is 41.5 Å². The maximum absolute atomic E-state index is 15.0. The molecule has 4 bridgehead atoms. The molecule has 0 aliphatic carbocycles. The lowest BCUT2D eigenvalue weighted by Crippen LogP contribution is -2.46. The van der Waals surface area contributed by atoms with E-state index in [2.05, 4.69) is 41.4 Å². The number of fused-ring (bicyclic) bond motifs is 5. The smallest absolute Gasteiger partial charge is 0.226 e. The molecule has 0 radical (unpaired) electrons. The second kappa shape index (κ2) is 27.9. The Morgan fingerprint density at radius 2 is 1.56 bits per heavy atom. The van der Waals surface area contributed by atoms with Gasteiger partial charge < -0.3 is 42.2 Å². The van der Waals surface area contributed by atoms with Gasteiger partial charge in [0.05, 0.1) is 48.0 Å². The molecule has 75 heavy (non-hydrogen) atoms. The molecule has 8 N–H and O–H groups in total. The largest absolute Gasteiger partial charge is 0.493 e. The molecule has 19 heteroatoms. The van der Waals surface area contributed by atoms with E-state index in [1.807, 2.05) is 36.4 Å². The zero-order valence-electron chi connectivity index (χ0n) is 44.8. The molecule has 0 saturated carbocycles. The number of rotatable bonds is 20. The number of amides is 2. The number of aryl methyl sites for hydroxylation is 2. The van der Waals surface area contributed by atoms with Crippen LogP contribution < -0.4 is 37.3 Å². The van der Waals surface area contributed by atoms with Crippen molar-refractivity contribution in [3.05, 3.63) is 94.3 Å². The summed E-state index contributed by atoms with van der Waals surface area (Å²) in [5, 5.41) is 15.2. The third-order valence-electron chi connectivity index (χ3n) is 13.2. The number of carbonyl (C=O) groups is 5. The second-order valence-corrected chi connectivity index (χ2v) is 19.8. The minimum Gasteiger partial charge on any atom is -0.493 e. The normalized spacial score (nSPS) is 16.6. The minimum absolute atomic E-state index is 0. The Hall–Kier alpha value is -7.17. The Bertz CT molecular complexity index is 2760. The van der Waals surface area contributed by atoms with Crippen LogP contribution in [-0.4, -0.2) is 109 Å². The molecule has 0 unspecified atom stereocenters. The number of benzene rings is 3. The van der Waals surface area contributed by atoms with Crippen LogP contribution in [0.4, 0.5) is 0 Å². The zero-order valence-corrected chi connectivity index (χ0v) is 45.8. The summed E-state index contributed by atoms with van der Waals surface area (Å²) in [4.78, 5) is 90.8. The molecule has 18 nitrogen and oxygen atoms in total.